The number of carbonyl (C=O) groups excluding carboxylic acids is 1. The number of anilines is 1. The van der Waals surface area contributed by atoms with Gasteiger partial charge in [0.05, 0.1) is 4.92 Å². The summed E-state index contributed by atoms with van der Waals surface area (Å²) in [6.45, 7) is 0. The molecule has 92 valence electrons. The molecule has 1 heterocycles. The maximum absolute atomic E-state index is 13.3. The van der Waals surface area contributed by atoms with Gasteiger partial charge in [-0.25, -0.2) is 0 Å². The Hall–Kier alpha value is -2.91. The van der Waals surface area contributed by atoms with E-state index in [2.05, 4.69) is 25.9 Å². The van der Waals surface area contributed by atoms with Crippen molar-refractivity contribution in [3.8, 4) is 0 Å². The van der Waals surface area contributed by atoms with Crippen molar-refractivity contribution in [3.05, 3.63) is 40.0 Å². The molecular formula is C8H5FN6O3. The van der Waals surface area contributed by atoms with Crippen LogP contribution in [-0.4, -0.2) is 31.5 Å². The smallest absolute Gasteiger partial charge is 0.304 e. The molecule has 1 aromatic carbocycles. The van der Waals surface area contributed by atoms with Crippen molar-refractivity contribution < 1.29 is 14.1 Å². The van der Waals surface area contributed by atoms with Crippen LogP contribution in [0.5, 0.6) is 0 Å². The molecule has 0 saturated heterocycles. The molecule has 2 rings (SSSR count). The van der Waals surface area contributed by atoms with Crippen LogP contribution in [-0.2, 0) is 0 Å². The summed E-state index contributed by atoms with van der Waals surface area (Å²) in [7, 11) is 0. The van der Waals surface area contributed by atoms with Crippen LogP contribution in [0.1, 0.15) is 10.6 Å². The first-order valence-electron chi connectivity index (χ1n) is 4.56. The number of tetrazole rings is 1. The van der Waals surface area contributed by atoms with Crippen molar-refractivity contribution in [1.29, 1.82) is 0 Å². The van der Waals surface area contributed by atoms with Gasteiger partial charge in [0.25, 0.3) is 11.7 Å². The van der Waals surface area contributed by atoms with Gasteiger partial charge in [-0.3, -0.25) is 14.9 Å². The normalized spacial score (nSPS) is 10.1. The number of amides is 1. The second-order valence-corrected chi connectivity index (χ2v) is 3.11. The molecule has 0 atom stereocenters. The fourth-order valence-electron chi connectivity index (χ4n) is 1.18. The zero-order chi connectivity index (χ0) is 13.1. The second kappa shape index (κ2) is 4.53. The number of hydrogen-bond acceptors (Lipinski definition) is 6. The van der Waals surface area contributed by atoms with Crippen molar-refractivity contribution in [2.24, 2.45) is 0 Å². The summed E-state index contributed by atoms with van der Waals surface area (Å²) in [5.41, 5.74) is -0.625. The van der Waals surface area contributed by atoms with E-state index in [0.29, 0.717) is 0 Å². The summed E-state index contributed by atoms with van der Waals surface area (Å²) < 4.78 is 13.3. The number of nitrogens with zero attached hydrogens (tertiary/aromatic N) is 4. The summed E-state index contributed by atoms with van der Waals surface area (Å²) in [6.07, 6.45) is 0. The zero-order valence-electron chi connectivity index (χ0n) is 8.62. The minimum Gasteiger partial charge on any atom is -0.319 e. The molecule has 1 amide bonds. The van der Waals surface area contributed by atoms with Crippen LogP contribution >= 0.6 is 0 Å². The molecular weight excluding hydrogens is 247 g/mol. The van der Waals surface area contributed by atoms with Gasteiger partial charge in [-0.2, -0.15) is 9.60 Å². The Morgan fingerprint density at radius 2 is 2.28 bits per heavy atom. The molecule has 1 aromatic heterocycles. The molecule has 0 spiro atoms. The first-order chi connectivity index (χ1) is 8.58. The number of benzene rings is 1. The Labute approximate surface area is 98.2 Å². The third-order valence-electron chi connectivity index (χ3n) is 1.95. The van der Waals surface area contributed by atoms with Crippen molar-refractivity contribution in [3.63, 3.8) is 0 Å². The Balaban J connectivity index is 2.18. The SMILES string of the molecule is O=C(Nc1ccc([N+](=O)[O-])c(F)c1)c1nn[nH]n1. The second-order valence-electron chi connectivity index (χ2n) is 3.11. The summed E-state index contributed by atoms with van der Waals surface area (Å²) >= 11 is 0. The number of rotatable bonds is 3. The van der Waals surface area contributed by atoms with Gasteiger partial charge < -0.3 is 5.32 Å². The number of aromatic amines is 1. The molecule has 9 nitrogen and oxygen atoms in total. The highest BCUT2D eigenvalue weighted by molar-refractivity contribution is 6.01. The Morgan fingerprint density at radius 3 is 2.83 bits per heavy atom. The maximum Gasteiger partial charge on any atom is 0.304 e. The molecule has 2 N–H and O–H groups in total. The number of aromatic nitrogens is 4. The van der Waals surface area contributed by atoms with E-state index in [1.807, 2.05) is 0 Å². The highest BCUT2D eigenvalue weighted by Crippen LogP contribution is 2.20. The number of carbonyl (C=O) groups is 1. The lowest BCUT2D eigenvalue weighted by Crippen LogP contribution is -2.14. The monoisotopic (exact) mass is 252 g/mol. The van der Waals surface area contributed by atoms with E-state index in [0.717, 1.165) is 12.1 Å². The standard InChI is InChI=1S/C8H5FN6O3/c9-5-3-4(1-2-6(5)15(17)18)10-8(16)7-11-13-14-12-7/h1-3H,(H,10,16)(H,11,12,13,14). The Bertz CT molecular complexity index is 599. The lowest BCUT2D eigenvalue weighted by Gasteiger charge is -2.02. The number of nitrogens with one attached hydrogen (secondary N) is 2. The Kier molecular flexibility index (Phi) is 2.91. The van der Waals surface area contributed by atoms with Gasteiger partial charge in [0, 0.05) is 17.8 Å². The molecule has 0 fully saturated rings. The van der Waals surface area contributed by atoms with Crippen molar-refractivity contribution in [2.45, 2.75) is 0 Å². The largest absolute Gasteiger partial charge is 0.319 e. The number of nitro groups is 1. The van der Waals surface area contributed by atoms with Crippen molar-refractivity contribution in [1.82, 2.24) is 20.6 Å². The average Bonchev–Trinajstić information content (AvgIpc) is 2.81. The van der Waals surface area contributed by atoms with Crippen molar-refractivity contribution in [2.75, 3.05) is 5.32 Å². The molecule has 0 aliphatic rings. The van der Waals surface area contributed by atoms with Crippen LogP contribution in [0.2, 0.25) is 0 Å². The number of H-pyrrole nitrogens is 1. The molecule has 0 saturated carbocycles. The first kappa shape index (κ1) is 11.6. The van der Waals surface area contributed by atoms with E-state index in [4.69, 9.17) is 0 Å². The third kappa shape index (κ3) is 2.26. The molecule has 0 aliphatic heterocycles. The number of halogens is 1. The van der Waals surface area contributed by atoms with Gasteiger partial charge in [-0.05, 0) is 11.3 Å². The number of hydrogen-bond donors (Lipinski definition) is 2. The quantitative estimate of drug-likeness (QED) is 0.604. The van der Waals surface area contributed by atoms with Crippen molar-refractivity contribution >= 4 is 17.3 Å². The fourth-order valence-corrected chi connectivity index (χ4v) is 1.18. The van der Waals surface area contributed by atoms with Gasteiger partial charge in [0.15, 0.2) is 0 Å². The lowest BCUT2D eigenvalue weighted by atomic mass is 10.2. The van der Waals surface area contributed by atoms with Gasteiger partial charge in [0.2, 0.25) is 5.82 Å². The summed E-state index contributed by atoms with van der Waals surface area (Å²) in [5.74, 6) is -1.99. The van der Waals surface area contributed by atoms with E-state index in [1.54, 1.807) is 0 Å². The van der Waals surface area contributed by atoms with Crippen LogP contribution in [0.15, 0.2) is 18.2 Å². The predicted octanol–water partition coefficient (Wildman–Crippen LogP) is 0.499. The fraction of sp³-hybridized carbons (Fsp3) is 0. The van der Waals surface area contributed by atoms with Crippen LogP contribution in [0.3, 0.4) is 0 Å². The van der Waals surface area contributed by atoms with E-state index >= 15 is 0 Å². The highest BCUT2D eigenvalue weighted by atomic mass is 19.1. The van der Waals surface area contributed by atoms with Crippen LogP contribution in [0, 0.1) is 15.9 Å². The third-order valence-corrected chi connectivity index (χ3v) is 1.95. The molecule has 0 aliphatic carbocycles. The molecule has 0 unspecified atom stereocenters. The minimum absolute atomic E-state index is 0.0490. The van der Waals surface area contributed by atoms with E-state index in [-0.39, 0.29) is 11.5 Å². The number of nitro benzene ring substituents is 1. The predicted molar refractivity (Wildman–Crippen MR) is 55.2 cm³/mol. The van der Waals surface area contributed by atoms with Crippen LogP contribution in [0.4, 0.5) is 15.8 Å². The van der Waals surface area contributed by atoms with E-state index in [1.165, 1.54) is 6.07 Å². The Morgan fingerprint density at radius 1 is 1.50 bits per heavy atom. The molecule has 0 bridgehead atoms. The topological polar surface area (TPSA) is 127 Å². The molecule has 18 heavy (non-hydrogen) atoms. The average molecular weight is 252 g/mol. The van der Waals surface area contributed by atoms with Crippen LogP contribution < -0.4 is 5.32 Å². The lowest BCUT2D eigenvalue weighted by molar-refractivity contribution is -0.387. The van der Waals surface area contributed by atoms with Crippen LogP contribution in [0.25, 0.3) is 0 Å². The maximum atomic E-state index is 13.3. The summed E-state index contributed by atoms with van der Waals surface area (Å²) in [5, 5.41) is 24.7. The molecule has 2 aromatic rings. The first-order valence-corrected chi connectivity index (χ1v) is 4.56. The molecule has 0 radical (unpaired) electrons. The van der Waals surface area contributed by atoms with E-state index < -0.39 is 22.3 Å². The summed E-state index contributed by atoms with van der Waals surface area (Å²) in [6, 6.07) is 2.97. The van der Waals surface area contributed by atoms with E-state index in [9.17, 15) is 19.3 Å². The van der Waals surface area contributed by atoms with Gasteiger partial charge in [-0.15, -0.1) is 10.2 Å². The molecule has 10 heteroatoms. The van der Waals surface area contributed by atoms with Gasteiger partial charge in [0.1, 0.15) is 0 Å². The van der Waals surface area contributed by atoms with Gasteiger partial charge >= 0.3 is 5.69 Å². The highest BCUT2D eigenvalue weighted by Gasteiger charge is 2.16. The zero-order valence-corrected chi connectivity index (χ0v) is 8.62. The van der Waals surface area contributed by atoms with Gasteiger partial charge in [-0.1, -0.05) is 0 Å². The summed E-state index contributed by atoms with van der Waals surface area (Å²) in [4.78, 5) is 21.0. The minimum atomic E-state index is -1.05.